The highest BCUT2D eigenvalue weighted by molar-refractivity contribution is 8.00. The highest BCUT2D eigenvalue weighted by Gasteiger charge is 2.42. The minimum absolute atomic E-state index is 0.0590. The minimum Gasteiger partial charge on any atom is -0.354 e. The summed E-state index contributed by atoms with van der Waals surface area (Å²) in [6, 6.07) is 0.385. The first-order valence-electron chi connectivity index (χ1n) is 8.64. The lowest BCUT2D eigenvalue weighted by molar-refractivity contribution is -0.121. The van der Waals surface area contributed by atoms with Gasteiger partial charge in [-0.2, -0.15) is 11.8 Å². The van der Waals surface area contributed by atoms with Crippen molar-refractivity contribution in [3.05, 3.63) is 11.9 Å². The Balaban J connectivity index is 1.28. The zero-order valence-corrected chi connectivity index (χ0v) is 15.1. The summed E-state index contributed by atoms with van der Waals surface area (Å²) in [6.07, 6.45) is 4.16. The fourth-order valence-electron chi connectivity index (χ4n) is 3.22. The van der Waals surface area contributed by atoms with Crippen LogP contribution in [0.5, 0.6) is 0 Å². The second-order valence-corrected chi connectivity index (χ2v) is 7.64. The first-order chi connectivity index (χ1) is 12.2. The van der Waals surface area contributed by atoms with Gasteiger partial charge in [-0.1, -0.05) is 5.21 Å². The van der Waals surface area contributed by atoms with Gasteiger partial charge in [-0.3, -0.25) is 9.48 Å². The molecule has 1 aromatic rings. The smallest absolute Gasteiger partial charge is 0.315 e. The number of carbonyl (C=O) groups excluding carboxylic acids is 2. The molecule has 3 atom stereocenters. The van der Waals surface area contributed by atoms with Crippen molar-refractivity contribution in [2.24, 2.45) is 0 Å². The van der Waals surface area contributed by atoms with Gasteiger partial charge in [-0.25, -0.2) is 4.79 Å². The largest absolute Gasteiger partial charge is 0.354 e. The highest BCUT2D eigenvalue weighted by atomic mass is 32.2. The average Bonchev–Trinajstić information content (AvgIpc) is 3.25. The van der Waals surface area contributed by atoms with E-state index in [2.05, 4.69) is 31.6 Å². The van der Waals surface area contributed by atoms with Gasteiger partial charge in [0, 0.05) is 36.7 Å². The number of rotatable bonds is 9. The van der Waals surface area contributed by atoms with Crippen molar-refractivity contribution in [1.82, 2.24) is 36.3 Å². The second-order valence-electron chi connectivity index (χ2n) is 6.37. The summed E-state index contributed by atoms with van der Waals surface area (Å²) in [5.41, 5.74) is 0.884. The molecule has 25 heavy (non-hydrogen) atoms. The molecule has 2 aliphatic rings. The summed E-state index contributed by atoms with van der Waals surface area (Å²) in [7, 11) is 1.86. The Labute approximate surface area is 151 Å². The Bertz CT molecular complexity index is 608. The van der Waals surface area contributed by atoms with E-state index < -0.39 is 0 Å². The summed E-state index contributed by atoms with van der Waals surface area (Å²) in [5, 5.41) is 20.3. The van der Waals surface area contributed by atoms with Gasteiger partial charge in [0.15, 0.2) is 0 Å². The molecule has 2 saturated heterocycles. The van der Waals surface area contributed by atoms with Crippen LogP contribution in [0.3, 0.4) is 0 Å². The van der Waals surface area contributed by atoms with Gasteiger partial charge in [0.25, 0.3) is 0 Å². The van der Waals surface area contributed by atoms with Gasteiger partial charge in [-0.15, -0.1) is 5.10 Å². The van der Waals surface area contributed by atoms with Crippen LogP contribution in [-0.4, -0.2) is 63.6 Å². The fraction of sp³-hybridized carbons (Fsp3) is 0.733. The minimum atomic E-state index is -0.0657. The van der Waals surface area contributed by atoms with Crippen molar-refractivity contribution in [3.8, 4) is 0 Å². The van der Waals surface area contributed by atoms with Gasteiger partial charge in [0.05, 0.1) is 24.3 Å². The molecule has 3 rings (SSSR count). The lowest BCUT2D eigenvalue weighted by atomic mass is 10.0. The van der Waals surface area contributed by atoms with E-state index in [1.807, 2.05) is 25.0 Å². The molecule has 0 radical (unpaired) electrons. The van der Waals surface area contributed by atoms with Gasteiger partial charge in [0.2, 0.25) is 5.91 Å². The monoisotopic (exact) mass is 367 g/mol. The molecule has 2 aliphatic heterocycles. The summed E-state index contributed by atoms with van der Waals surface area (Å²) in [5.74, 6) is 1.01. The van der Waals surface area contributed by atoms with Crippen LogP contribution >= 0.6 is 11.8 Å². The number of nitrogens with zero attached hydrogens (tertiary/aromatic N) is 3. The van der Waals surface area contributed by atoms with Crippen LogP contribution in [0.15, 0.2) is 6.20 Å². The Morgan fingerprint density at radius 3 is 3.20 bits per heavy atom. The molecular weight excluding hydrogens is 342 g/mol. The maximum absolute atomic E-state index is 11.9. The van der Waals surface area contributed by atoms with E-state index in [9.17, 15) is 9.59 Å². The average molecular weight is 367 g/mol. The Morgan fingerprint density at radius 2 is 2.36 bits per heavy atom. The maximum atomic E-state index is 11.9. The lowest BCUT2D eigenvalue weighted by Gasteiger charge is -2.16. The van der Waals surface area contributed by atoms with Crippen molar-refractivity contribution in [1.29, 1.82) is 0 Å². The van der Waals surface area contributed by atoms with E-state index in [0.29, 0.717) is 31.3 Å². The second kappa shape index (κ2) is 8.52. The quantitative estimate of drug-likeness (QED) is 0.436. The number of thioether (sulfide) groups is 1. The highest BCUT2D eigenvalue weighted by Crippen LogP contribution is 2.32. The zero-order valence-electron chi connectivity index (χ0n) is 14.3. The molecule has 10 heteroatoms. The van der Waals surface area contributed by atoms with E-state index in [-0.39, 0.29) is 24.0 Å². The van der Waals surface area contributed by atoms with Crippen LogP contribution in [0.2, 0.25) is 0 Å². The molecule has 4 N–H and O–H groups in total. The molecule has 3 amide bonds. The number of aromatic nitrogens is 3. The van der Waals surface area contributed by atoms with Crippen molar-refractivity contribution < 1.29 is 9.59 Å². The van der Waals surface area contributed by atoms with Crippen molar-refractivity contribution in [2.45, 2.75) is 49.7 Å². The predicted octanol–water partition coefficient (Wildman–Crippen LogP) is -0.551. The third-order valence-corrected chi connectivity index (χ3v) is 5.95. The molecule has 3 heterocycles. The van der Waals surface area contributed by atoms with Gasteiger partial charge in [-0.05, 0) is 19.9 Å². The molecule has 2 fully saturated rings. The number of hydrogen-bond donors (Lipinski definition) is 4. The van der Waals surface area contributed by atoms with E-state index in [1.54, 1.807) is 4.68 Å². The number of carbonyl (C=O) groups is 2. The molecule has 2 unspecified atom stereocenters. The molecule has 0 bridgehead atoms. The number of urea groups is 1. The number of amides is 3. The first-order valence-corrected chi connectivity index (χ1v) is 9.69. The Hall–Kier alpha value is -1.81. The molecule has 0 saturated carbocycles. The number of hydrogen-bond acceptors (Lipinski definition) is 6. The molecule has 9 nitrogen and oxygen atoms in total. The Morgan fingerprint density at radius 1 is 1.48 bits per heavy atom. The third-order valence-electron chi connectivity index (χ3n) is 4.44. The van der Waals surface area contributed by atoms with Crippen molar-refractivity contribution in [2.75, 3.05) is 19.3 Å². The van der Waals surface area contributed by atoms with Crippen molar-refractivity contribution in [3.63, 3.8) is 0 Å². The SMILES string of the molecule is CNCc1cn(CCNC(=O)CCC[C@@H]2SCC3NC(=O)NC32)nn1. The number of nitrogens with one attached hydrogen (secondary N) is 4. The summed E-state index contributed by atoms with van der Waals surface area (Å²) in [6.45, 7) is 1.84. The molecule has 1 aromatic heterocycles. The van der Waals surface area contributed by atoms with Crippen LogP contribution < -0.4 is 21.3 Å². The van der Waals surface area contributed by atoms with E-state index in [1.165, 1.54) is 0 Å². The molecule has 138 valence electrons. The summed E-state index contributed by atoms with van der Waals surface area (Å²) in [4.78, 5) is 23.3. The first kappa shape index (κ1) is 18.0. The zero-order chi connectivity index (χ0) is 17.6. The summed E-state index contributed by atoms with van der Waals surface area (Å²) >= 11 is 1.88. The molecule has 0 aliphatic carbocycles. The van der Waals surface area contributed by atoms with Crippen LogP contribution in [0, 0.1) is 0 Å². The molecular formula is C15H25N7O2S. The van der Waals surface area contributed by atoms with E-state index >= 15 is 0 Å². The summed E-state index contributed by atoms with van der Waals surface area (Å²) < 4.78 is 1.73. The van der Waals surface area contributed by atoms with Crippen LogP contribution in [0.4, 0.5) is 4.79 Å². The number of fused-ring (bicyclic) bond motifs is 1. The van der Waals surface area contributed by atoms with Crippen molar-refractivity contribution >= 4 is 23.7 Å². The normalized spacial score (nSPS) is 24.7. The maximum Gasteiger partial charge on any atom is 0.315 e. The van der Waals surface area contributed by atoms with Gasteiger partial charge < -0.3 is 21.3 Å². The Kier molecular flexibility index (Phi) is 6.14. The van der Waals surface area contributed by atoms with Crippen LogP contribution in [0.1, 0.15) is 25.0 Å². The van der Waals surface area contributed by atoms with Gasteiger partial charge in [0.1, 0.15) is 0 Å². The van der Waals surface area contributed by atoms with E-state index in [0.717, 1.165) is 24.3 Å². The fourth-order valence-corrected chi connectivity index (χ4v) is 4.76. The third kappa shape index (κ3) is 4.85. The molecule has 0 spiro atoms. The predicted molar refractivity (Wildman–Crippen MR) is 95.1 cm³/mol. The lowest BCUT2D eigenvalue weighted by Crippen LogP contribution is -2.37. The van der Waals surface area contributed by atoms with Gasteiger partial charge >= 0.3 is 6.03 Å². The van der Waals surface area contributed by atoms with E-state index in [4.69, 9.17) is 0 Å². The van der Waals surface area contributed by atoms with Crippen LogP contribution in [0.25, 0.3) is 0 Å². The van der Waals surface area contributed by atoms with Crippen LogP contribution in [-0.2, 0) is 17.9 Å². The standard InChI is InChI=1S/C15H25N7O2S/c1-16-7-10-8-22(21-20-10)6-5-17-13(23)4-2-3-12-14-11(9-25-12)18-15(24)19-14/h8,11-12,14,16H,2-7,9H2,1H3,(H,17,23)(H2,18,19,24)/t11?,12-,14?/m0/s1. The molecule has 0 aromatic carbocycles. The topological polar surface area (TPSA) is 113 Å².